The average molecular weight is 205 g/mol. The maximum absolute atomic E-state index is 5.61. The summed E-state index contributed by atoms with van der Waals surface area (Å²) in [5.41, 5.74) is 7.96. The van der Waals surface area contributed by atoms with Crippen molar-refractivity contribution in [3.05, 3.63) is 24.0 Å². The number of hydrogen-bond acceptors (Lipinski definition) is 3. The van der Waals surface area contributed by atoms with E-state index in [9.17, 15) is 0 Å². The van der Waals surface area contributed by atoms with Gasteiger partial charge >= 0.3 is 0 Å². The number of pyridine rings is 1. The van der Waals surface area contributed by atoms with E-state index in [2.05, 4.69) is 22.9 Å². The van der Waals surface area contributed by atoms with Gasteiger partial charge in [0.05, 0.1) is 11.9 Å². The summed E-state index contributed by atoms with van der Waals surface area (Å²) in [7, 11) is 0. The van der Waals surface area contributed by atoms with Gasteiger partial charge in [-0.15, -0.1) is 0 Å². The zero-order chi connectivity index (χ0) is 10.7. The van der Waals surface area contributed by atoms with E-state index < -0.39 is 0 Å². The Morgan fingerprint density at radius 1 is 1.40 bits per heavy atom. The lowest BCUT2D eigenvalue weighted by Crippen LogP contribution is -2.32. The van der Waals surface area contributed by atoms with Gasteiger partial charge in [-0.05, 0) is 30.4 Å². The molecule has 0 bridgehead atoms. The van der Waals surface area contributed by atoms with Gasteiger partial charge in [0.2, 0.25) is 0 Å². The Balaban J connectivity index is 2.08. The molecule has 0 aliphatic carbocycles. The molecule has 1 aliphatic rings. The highest BCUT2D eigenvalue weighted by atomic mass is 15.1. The molecule has 15 heavy (non-hydrogen) atoms. The van der Waals surface area contributed by atoms with E-state index in [0.717, 1.165) is 24.6 Å². The fourth-order valence-electron chi connectivity index (χ4n) is 2.03. The Hall–Kier alpha value is -1.09. The van der Waals surface area contributed by atoms with Gasteiger partial charge in [0, 0.05) is 25.8 Å². The van der Waals surface area contributed by atoms with Crippen molar-refractivity contribution in [2.45, 2.75) is 26.3 Å². The lowest BCUT2D eigenvalue weighted by atomic mass is 9.99. The first-order valence-electron chi connectivity index (χ1n) is 5.68. The van der Waals surface area contributed by atoms with Crippen molar-refractivity contribution >= 4 is 5.69 Å². The summed E-state index contributed by atoms with van der Waals surface area (Å²) >= 11 is 0. The molecule has 2 rings (SSSR count). The van der Waals surface area contributed by atoms with E-state index in [-0.39, 0.29) is 0 Å². The molecule has 0 radical (unpaired) electrons. The van der Waals surface area contributed by atoms with Gasteiger partial charge < -0.3 is 10.6 Å². The smallest absolute Gasteiger partial charge is 0.0555 e. The average Bonchev–Trinajstić information content (AvgIpc) is 2.30. The summed E-state index contributed by atoms with van der Waals surface area (Å²) in [5.74, 6) is 0.868. The summed E-state index contributed by atoms with van der Waals surface area (Å²) in [6, 6.07) is 2.16. The summed E-state index contributed by atoms with van der Waals surface area (Å²) in [4.78, 5) is 6.64. The van der Waals surface area contributed by atoms with E-state index in [4.69, 9.17) is 5.73 Å². The molecule has 2 heterocycles. The molecule has 3 nitrogen and oxygen atoms in total. The topological polar surface area (TPSA) is 42.2 Å². The second-order valence-electron chi connectivity index (χ2n) is 4.43. The molecule has 1 saturated heterocycles. The summed E-state index contributed by atoms with van der Waals surface area (Å²) in [5, 5.41) is 0. The maximum Gasteiger partial charge on any atom is 0.0555 e. The Kier molecular flexibility index (Phi) is 3.21. The third-order valence-electron chi connectivity index (χ3n) is 3.16. The molecule has 3 heteroatoms. The van der Waals surface area contributed by atoms with Crippen LogP contribution in [0.2, 0.25) is 0 Å². The van der Waals surface area contributed by atoms with Gasteiger partial charge in [-0.2, -0.15) is 0 Å². The van der Waals surface area contributed by atoms with Crippen LogP contribution in [0.4, 0.5) is 5.69 Å². The lowest BCUT2D eigenvalue weighted by Gasteiger charge is -2.32. The second-order valence-corrected chi connectivity index (χ2v) is 4.43. The molecule has 0 aromatic carbocycles. The molecule has 0 saturated carbocycles. The third-order valence-corrected chi connectivity index (χ3v) is 3.16. The minimum absolute atomic E-state index is 0.574. The number of nitrogens with two attached hydrogens (primary N) is 1. The molecule has 0 unspecified atom stereocenters. The Labute approximate surface area is 91.3 Å². The summed E-state index contributed by atoms with van der Waals surface area (Å²) in [6.45, 7) is 5.20. The SMILES string of the molecule is CC1CCN(c2cncc(CN)c2)CC1. The number of anilines is 1. The first-order chi connectivity index (χ1) is 7.29. The van der Waals surface area contributed by atoms with Gasteiger partial charge in [0.1, 0.15) is 0 Å². The van der Waals surface area contributed by atoms with Crippen LogP contribution in [0.15, 0.2) is 18.5 Å². The van der Waals surface area contributed by atoms with E-state index in [1.54, 1.807) is 0 Å². The van der Waals surface area contributed by atoms with Crippen LogP contribution in [0, 0.1) is 5.92 Å². The van der Waals surface area contributed by atoms with Crippen molar-refractivity contribution < 1.29 is 0 Å². The monoisotopic (exact) mass is 205 g/mol. The van der Waals surface area contributed by atoms with Crippen LogP contribution in [0.1, 0.15) is 25.3 Å². The van der Waals surface area contributed by atoms with Crippen molar-refractivity contribution in [1.29, 1.82) is 0 Å². The molecule has 1 aliphatic heterocycles. The Morgan fingerprint density at radius 2 is 2.13 bits per heavy atom. The van der Waals surface area contributed by atoms with Crippen LogP contribution in [-0.2, 0) is 6.54 Å². The van der Waals surface area contributed by atoms with Gasteiger partial charge in [0.25, 0.3) is 0 Å². The van der Waals surface area contributed by atoms with Crippen molar-refractivity contribution in [2.75, 3.05) is 18.0 Å². The minimum Gasteiger partial charge on any atom is -0.370 e. The fraction of sp³-hybridized carbons (Fsp3) is 0.583. The van der Waals surface area contributed by atoms with Crippen LogP contribution in [0.3, 0.4) is 0 Å². The number of hydrogen-bond donors (Lipinski definition) is 1. The quantitative estimate of drug-likeness (QED) is 0.800. The lowest BCUT2D eigenvalue weighted by molar-refractivity contribution is 0.438. The first kappa shape index (κ1) is 10.4. The van der Waals surface area contributed by atoms with Gasteiger partial charge in [0.15, 0.2) is 0 Å². The molecular weight excluding hydrogens is 186 g/mol. The fourth-order valence-corrected chi connectivity index (χ4v) is 2.03. The number of aromatic nitrogens is 1. The minimum atomic E-state index is 0.574. The maximum atomic E-state index is 5.61. The number of piperidine rings is 1. The third kappa shape index (κ3) is 2.48. The summed E-state index contributed by atoms with van der Waals surface area (Å²) < 4.78 is 0. The second kappa shape index (κ2) is 4.62. The largest absolute Gasteiger partial charge is 0.370 e. The molecule has 82 valence electrons. The van der Waals surface area contributed by atoms with Crippen molar-refractivity contribution in [3.63, 3.8) is 0 Å². The van der Waals surface area contributed by atoms with Crippen LogP contribution < -0.4 is 10.6 Å². The molecule has 1 aromatic rings. The predicted octanol–water partition coefficient (Wildman–Crippen LogP) is 1.78. The normalized spacial score (nSPS) is 18.1. The van der Waals surface area contributed by atoms with Gasteiger partial charge in [-0.1, -0.05) is 6.92 Å². The Morgan fingerprint density at radius 3 is 2.80 bits per heavy atom. The van der Waals surface area contributed by atoms with E-state index in [0.29, 0.717) is 6.54 Å². The van der Waals surface area contributed by atoms with E-state index in [1.165, 1.54) is 18.5 Å². The molecule has 0 amide bonds. The molecule has 1 fully saturated rings. The molecule has 0 spiro atoms. The van der Waals surface area contributed by atoms with Crippen molar-refractivity contribution in [1.82, 2.24) is 4.98 Å². The number of rotatable bonds is 2. The summed E-state index contributed by atoms with van der Waals surface area (Å²) in [6.07, 6.45) is 6.35. The predicted molar refractivity (Wildman–Crippen MR) is 62.7 cm³/mol. The molecule has 2 N–H and O–H groups in total. The van der Waals surface area contributed by atoms with E-state index in [1.807, 2.05) is 12.4 Å². The first-order valence-corrected chi connectivity index (χ1v) is 5.68. The highest BCUT2D eigenvalue weighted by Crippen LogP contribution is 2.22. The molecule has 0 atom stereocenters. The number of nitrogens with zero attached hydrogens (tertiary/aromatic N) is 2. The van der Waals surface area contributed by atoms with Gasteiger partial charge in [-0.25, -0.2) is 0 Å². The van der Waals surface area contributed by atoms with Crippen molar-refractivity contribution in [3.8, 4) is 0 Å². The zero-order valence-electron chi connectivity index (χ0n) is 9.32. The standard InChI is InChI=1S/C12H19N3/c1-10-2-4-15(5-3-10)12-6-11(7-13)8-14-9-12/h6,8-10H,2-5,7,13H2,1H3. The highest BCUT2D eigenvalue weighted by molar-refractivity contribution is 5.46. The molecule has 1 aromatic heterocycles. The zero-order valence-corrected chi connectivity index (χ0v) is 9.32. The Bertz CT molecular complexity index is 316. The van der Waals surface area contributed by atoms with Crippen LogP contribution >= 0.6 is 0 Å². The van der Waals surface area contributed by atoms with Crippen LogP contribution in [0.25, 0.3) is 0 Å². The molecular formula is C12H19N3. The highest BCUT2D eigenvalue weighted by Gasteiger charge is 2.16. The van der Waals surface area contributed by atoms with Gasteiger partial charge in [-0.3, -0.25) is 4.98 Å². The van der Waals surface area contributed by atoms with E-state index >= 15 is 0 Å². The van der Waals surface area contributed by atoms with Crippen molar-refractivity contribution in [2.24, 2.45) is 11.7 Å². The van der Waals surface area contributed by atoms with Crippen LogP contribution in [-0.4, -0.2) is 18.1 Å². The van der Waals surface area contributed by atoms with Crippen LogP contribution in [0.5, 0.6) is 0 Å².